The number of aryl methyl sites for hydroxylation is 1. The highest BCUT2D eigenvalue weighted by Crippen LogP contribution is 2.42. The molecule has 1 atom stereocenters. The molecule has 2 aromatic carbocycles. The lowest BCUT2D eigenvalue weighted by Crippen LogP contribution is -2.30. The van der Waals surface area contributed by atoms with Gasteiger partial charge in [0.05, 0.1) is 11.6 Å². The van der Waals surface area contributed by atoms with E-state index in [-0.39, 0.29) is 18.7 Å². The molecule has 1 heterocycles. The van der Waals surface area contributed by atoms with E-state index in [4.69, 9.17) is 9.47 Å². The maximum atomic E-state index is 12.7. The molecule has 0 spiro atoms. The molecule has 4 rings (SSSR count). The summed E-state index contributed by atoms with van der Waals surface area (Å²) in [5, 5.41) is 3.19. The molecule has 0 radical (unpaired) electrons. The standard InChI is InChI=1S/C19H19NO3/c1-12-5-7-13(8-6-12)17(14-9-10-14)20-19(21)15-3-2-4-16-18(15)23-11-22-16/h2-8,14,17H,9-11H2,1H3,(H,20,21). The van der Waals surface area contributed by atoms with Gasteiger partial charge in [-0.2, -0.15) is 0 Å². The van der Waals surface area contributed by atoms with Crippen LogP contribution in [0.4, 0.5) is 0 Å². The van der Waals surface area contributed by atoms with Crippen LogP contribution in [0.15, 0.2) is 42.5 Å². The van der Waals surface area contributed by atoms with Crippen LogP contribution in [0, 0.1) is 12.8 Å². The van der Waals surface area contributed by atoms with Crippen molar-refractivity contribution in [3.63, 3.8) is 0 Å². The van der Waals surface area contributed by atoms with Crippen molar-refractivity contribution in [1.29, 1.82) is 0 Å². The molecule has 1 saturated carbocycles. The van der Waals surface area contributed by atoms with Gasteiger partial charge < -0.3 is 14.8 Å². The smallest absolute Gasteiger partial charge is 0.255 e. The molecule has 23 heavy (non-hydrogen) atoms. The number of fused-ring (bicyclic) bond motifs is 1. The largest absolute Gasteiger partial charge is 0.454 e. The van der Waals surface area contributed by atoms with E-state index in [0.29, 0.717) is 23.0 Å². The van der Waals surface area contributed by atoms with Crippen molar-refractivity contribution in [2.75, 3.05) is 6.79 Å². The number of rotatable bonds is 4. The highest BCUT2D eigenvalue weighted by Gasteiger charge is 2.34. The summed E-state index contributed by atoms with van der Waals surface area (Å²) in [5.41, 5.74) is 2.93. The molecule has 1 aliphatic carbocycles. The summed E-state index contributed by atoms with van der Waals surface area (Å²) in [6, 6.07) is 13.9. The van der Waals surface area contributed by atoms with Crippen LogP contribution in [0.25, 0.3) is 0 Å². The molecule has 2 aliphatic rings. The molecule has 1 N–H and O–H groups in total. The van der Waals surface area contributed by atoms with Crippen molar-refractivity contribution in [1.82, 2.24) is 5.32 Å². The lowest BCUT2D eigenvalue weighted by atomic mass is 10.0. The van der Waals surface area contributed by atoms with Gasteiger partial charge in [-0.05, 0) is 43.4 Å². The van der Waals surface area contributed by atoms with Crippen molar-refractivity contribution in [2.24, 2.45) is 5.92 Å². The predicted molar refractivity (Wildman–Crippen MR) is 86.7 cm³/mol. The third-order valence-electron chi connectivity index (χ3n) is 4.46. The zero-order valence-electron chi connectivity index (χ0n) is 13.0. The fraction of sp³-hybridized carbons (Fsp3) is 0.316. The van der Waals surface area contributed by atoms with Crippen LogP contribution >= 0.6 is 0 Å². The Kier molecular flexibility index (Phi) is 3.45. The Morgan fingerprint density at radius 2 is 1.91 bits per heavy atom. The van der Waals surface area contributed by atoms with Crippen LogP contribution in [0.2, 0.25) is 0 Å². The molecule has 2 aromatic rings. The maximum Gasteiger partial charge on any atom is 0.255 e. The average Bonchev–Trinajstić information content (AvgIpc) is 3.29. The number of hydrogen-bond donors (Lipinski definition) is 1. The first kappa shape index (κ1) is 14.1. The van der Waals surface area contributed by atoms with Gasteiger partial charge in [-0.15, -0.1) is 0 Å². The number of hydrogen-bond acceptors (Lipinski definition) is 3. The molecule has 1 fully saturated rings. The van der Waals surface area contributed by atoms with Gasteiger partial charge in [-0.1, -0.05) is 35.9 Å². The molecule has 0 saturated heterocycles. The second kappa shape index (κ2) is 5.61. The molecule has 0 aromatic heterocycles. The summed E-state index contributed by atoms with van der Waals surface area (Å²) in [6.45, 7) is 2.24. The van der Waals surface area contributed by atoms with E-state index in [1.165, 1.54) is 5.56 Å². The molecular formula is C19H19NO3. The number of para-hydroxylation sites is 1. The Labute approximate surface area is 135 Å². The molecule has 1 unspecified atom stereocenters. The number of amides is 1. The fourth-order valence-electron chi connectivity index (χ4n) is 3.00. The minimum absolute atomic E-state index is 0.0567. The Hall–Kier alpha value is -2.49. The van der Waals surface area contributed by atoms with E-state index in [1.54, 1.807) is 6.07 Å². The van der Waals surface area contributed by atoms with Crippen LogP contribution in [-0.2, 0) is 0 Å². The summed E-state index contributed by atoms with van der Waals surface area (Å²) in [7, 11) is 0. The van der Waals surface area contributed by atoms with Gasteiger partial charge in [-0.25, -0.2) is 0 Å². The Balaban J connectivity index is 1.59. The molecule has 4 nitrogen and oxygen atoms in total. The van der Waals surface area contributed by atoms with Crippen LogP contribution in [-0.4, -0.2) is 12.7 Å². The first-order valence-electron chi connectivity index (χ1n) is 7.98. The van der Waals surface area contributed by atoms with Crippen LogP contribution < -0.4 is 14.8 Å². The molecule has 118 valence electrons. The van der Waals surface area contributed by atoms with Gasteiger partial charge >= 0.3 is 0 Å². The van der Waals surface area contributed by atoms with E-state index in [2.05, 4.69) is 36.5 Å². The minimum Gasteiger partial charge on any atom is -0.454 e. The second-order valence-corrected chi connectivity index (χ2v) is 6.24. The first-order chi connectivity index (χ1) is 11.2. The number of benzene rings is 2. The minimum atomic E-state index is -0.107. The monoisotopic (exact) mass is 309 g/mol. The lowest BCUT2D eigenvalue weighted by molar-refractivity contribution is 0.0927. The summed E-state index contributed by atoms with van der Waals surface area (Å²) in [5.74, 6) is 1.60. The lowest BCUT2D eigenvalue weighted by Gasteiger charge is -2.19. The van der Waals surface area contributed by atoms with Crippen molar-refractivity contribution in [3.8, 4) is 11.5 Å². The number of carbonyl (C=O) groups excluding carboxylic acids is 1. The average molecular weight is 309 g/mol. The predicted octanol–water partition coefficient (Wildman–Crippen LogP) is 3.60. The SMILES string of the molecule is Cc1ccc(C(NC(=O)c2cccc3c2OCO3)C2CC2)cc1. The summed E-state index contributed by atoms with van der Waals surface area (Å²) < 4.78 is 10.8. The van der Waals surface area contributed by atoms with Crippen LogP contribution in [0.3, 0.4) is 0 Å². The van der Waals surface area contributed by atoms with Crippen molar-refractivity contribution in [2.45, 2.75) is 25.8 Å². The quantitative estimate of drug-likeness (QED) is 0.938. The van der Waals surface area contributed by atoms with Gasteiger partial charge in [0.2, 0.25) is 6.79 Å². The third-order valence-corrected chi connectivity index (χ3v) is 4.46. The molecular weight excluding hydrogens is 290 g/mol. The first-order valence-corrected chi connectivity index (χ1v) is 7.98. The van der Waals surface area contributed by atoms with E-state index < -0.39 is 0 Å². The second-order valence-electron chi connectivity index (χ2n) is 6.24. The molecule has 0 bridgehead atoms. The zero-order valence-corrected chi connectivity index (χ0v) is 13.0. The van der Waals surface area contributed by atoms with E-state index >= 15 is 0 Å². The van der Waals surface area contributed by atoms with Gasteiger partial charge in [0.15, 0.2) is 11.5 Å². The van der Waals surface area contributed by atoms with Gasteiger partial charge in [0.1, 0.15) is 0 Å². The third kappa shape index (κ3) is 2.77. The normalized spacial score (nSPS) is 16.9. The maximum absolute atomic E-state index is 12.7. The number of carbonyl (C=O) groups is 1. The summed E-state index contributed by atoms with van der Waals surface area (Å²) in [6.07, 6.45) is 2.32. The van der Waals surface area contributed by atoms with Crippen molar-refractivity contribution in [3.05, 3.63) is 59.2 Å². The van der Waals surface area contributed by atoms with Gasteiger partial charge in [-0.3, -0.25) is 4.79 Å². The Bertz CT molecular complexity index is 735. The van der Waals surface area contributed by atoms with E-state index in [0.717, 1.165) is 18.4 Å². The van der Waals surface area contributed by atoms with E-state index in [9.17, 15) is 4.79 Å². The molecule has 4 heteroatoms. The number of ether oxygens (including phenoxy) is 2. The summed E-state index contributed by atoms with van der Waals surface area (Å²) >= 11 is 0. The van der Waals surface area contributed by atoms with Gasteiger partial charge in [0.25, 0.3) is 5.91 Å². The molecule has 1 amide bonds. The zero-order chi connectivity index (χ0) is 15.8. The van der Waals surface area contributed by atoms with Crippen molar-refractivity contribution < 1.29 is 14.3 Å². The topological polar surface area (TPSA) is 47.6 Å². The Morgan fingerprint density at radius 3 is 2.65 bits per heavy atom. The molecule has 1 aliphatic heterocycles. The van der Waals surface area contributed by atoms with Gasteiger partial charge in [0, 0.05) is 0 Å². The van der Waals surface area contributed by atoms with Crippen molar-refractivity contribution >= 4 is 5.91 Å². The highest BCUT2D eigenvalue weighted by molar-refractivity contribution is 5.98. The fourth-order valence-corrected chi connectivity index (χ4v) is 3.00. The number of nitrogens with one attached hydrogen (secondary N) is 1. The summed E-state index contributed by atoms with van der Waals surface area (Å²) in [4.78, 5) is 12.7. The highest BCUT2D eigenvalue weighted by atomic mass is 16.7. The van der Waals surface area contributed by atoms with Crippen LogP contribution in [0.1, 0.15) is 40.4 Å². The van der Waals surface area contributed by atoms with E-state index in [1.807, 2.05) is 12.1 Å². The van der Waals surface area contributed by atoms with Crippen LogP contribution in [0.5, 0.6) is 11.5 Å². The Morgan fingerprint density at radius 1 is 1.13 bits per heavy atom.